The van der Waals surface area contributed by atoms with Gasteiger partial charge in [0.25, 0.3) is 0 Å². The van der Waals surface area contributed by atoms with Crippen molar-refractivity contribution in [1.82, 2.24) is 11.4 Å². The van der Waals surface area contributed by atoms with Crippen molar-refractivity contribution in [1.29, 1.82) is 0 Å². The van der Waals surface area contributed by atoms with Crippen molar-refractivity contribution < 1.29 is 14.7 Å². The van der Waals surface area contributed by atoms with Gasteiger partial charge in [-0.1, -0.05) is 5.59 Å². The second-order valence-electron chi connectivity index (χ2n) is 0.774. The smallest absolute Gasteiger partial charge is 0.331 e. The molecule has 0 aromatic rings. The third kappa shape index (κ3) is 5.35. The molecule has 0 aromatic heterocycles. The van der Waals surface area contributed by atoms with Crippen molar-refractivity contribution in [3.05, 3.63) is 0 Å². The Kier molecular flexibility index (Phi) is 3.21. The highest BCUT2D eigenvalue weighted by atomic mass is 16.7. The molecule has 5 heteroatoms. The summed E-state index contributed by atoms with van der Waals surface area (Å²) in [6, 6.07) is 0. The Morgan fingerprint density at radius 3 is 2.71 bits per heavy atom. The van der Waals surface area contributed by atoms with Gasteiger partial charge in [0.05, 0.1) is 0 Å². The molecule has 0 saturated carbocycles. The molecule has 5 nitrogen and oxygen atoms in total. The molecule has 40 valence electrons. The Morgan fingerprint density at radius 2 is 2.57 bits per heavy atom. The summed E-state index contributed by atoms with van der Waals surface area (Å²) >= 11 is 0. The van der Waals surface area contributed by atoms with E-state index >= 15 is 0 Å². The van der Waals surface area contributed by atoms with Crippen LogP contribution in [0, 0.1) is 0 Å². The fourth-order valence-electron chi connectivity index (χ4n) is 0.0940. The van der Waals surface area contributed by atoms with Gasteiger partial charge < -0.3 is 5.11 Å². The number of nitrogens with one attached hydrogen (secondary N) is 1. The quantitative estimate of drug-likeness (QED) is 0.430. The molecule has 0 aliphatic heterocycles. The average Bonchev–Trinajstić information content (AvgIpc) is 1.61. The summed E-state index contributed by atoms with van der Waals surface area (Å²) in [5, 5.41) is 7.77. The molecule has 0 saturated heterocycles. The van der Waals surface area contributed by atoms with Crippen LogP contribution in [0.5, 0.6) is 0 Å². The normalized spacial score (nSPS) is 8.71. The second kappa shape index (κ2) is 3.54. The van der Waals surface area contributed by atoms with Crippen LogP contribution in [0.2, 0.25) is 0 Å². The maximum absolute atomic E-state index is 9.48. The van der Waals surface area contributed by atoms with Crippen molar-refractivity contribution in [3.8, 4) is 0 Å². The SMILES string of the molecule is [N]NOCC(=O)O. The van der Waals surface area contributed by atoms with Crippen LogP contribution in [0.15, 0.2) is 0 Å². The lowest BCUT2D eigenvalue weighted by Crippen LogP contribution is -2.17. The molecule has 7 heavy (non-hydrogen) atoms. The molecule has 0 aliphatic carbocycles. The van der Waals surface area contributed by atoms with Gasteiger partial charge in [-0.05, 0) is 5.84 Å². The number of nitrogens with zero attached hydrogens (tertiary/aromatic N) is 1. The van der Waals surface area contributed by atoms with E-state index in [4.69, 9.17) is 10.9 Å². The molecule has 0 fully saturated rings. The summed E-state index contributed by atoms with van der Waals surface area (Å²) in [4.78, 5) is 13.3. The van der Waals surface area contributed by atoms with Crippen LogP contribution in [0.25, 0.3) is 0 Å². The Balaban J connectivity index is 2.82. The van der Waals surface area contributed by atoms with E-state index in [2.05, 4.69) is 4.84 Å². The minimum absolute atomic E-state index is 0.545. The molecular weight excluding hydrogens is 100 g/mol. The minimum atomic E-state index is -1.14. The number of rotatable bonds is 3. The summed E-state index contributed by atoms with van der Waals surface area (Å²) in [6.07, 6.45) is 0. The molecule has 0 bridgehead atoms. The van der Waals surface area contributed by atoms with Gasteiger partial charge >= 0.3 is 5.97 Å². The topological polar surface area (TPSA) is 80.9 Å². The highest BCUT2D eigenvalue weighted by Crippen LogP contribution is 1.61. The predicted octanol–water partition coefficient (Wildman–Crippen LogP) is -1.42. The molecule has 0 amide bonds. The van der Waals surface area contributed by atoms with E-state index in [-0.39, 0.29) is 0 Å². The standard InChI is InChI=1S/C2H4N2O3/c3-4-7-1-2(5)6/h4H,1H2,(H,5,6). The van der Waals surface area contributed by atoms with E-state index in [1.54, 1.807) is 0 Å². The fourth-order valence-corrected chi connectivity index (χ4v) is 0.0940. The van der Waals surface area contributed by atoms with E-state index in [1.165, 1.54) is 5.59 Å². The number of carboxylic acids is 1. The molecule has 0 rings (SSSR count). The third-order valence-corrected chi connectivity index (χ3v) is 0.260. The van der Waals surface area contributed by atoms with Crippen LogP contribution < -0.4 is 11.4 Å². The molecular formula is C2H4N2O3. The molecule has 2 radical (unpaired) electrons. The lowest BCUT2D eigenvalue weighted by molar-refractivity contribution is -0.145. The van der Waals surface area contributed by atoms with Crippen LogP contribution >= 0.6 is 0 Å². The van der Waals surface area contributed by atoms with Crippen LogP contribution in [0.3, 0.4) is 0 Å². The van der Waals surface area contributed by atoms with Crippen LogP contribution in [-0.4, -0.2) is 17.7 Å². The molecule has 0 unspecified atom stereocenters. The maximum Gasteiger partial charge on any atom is 0.331 e. The zero-order valence-electron chi connectivity index (χ0n) is 3.42. The van der Waals surface area contributed by atoms with Gasteiger partial charge in [0.1, 0.15) is 0 Å². The van der Waals surface area contributed by atoms with Crippen LogP contribution in [-0.2, 0) is 9.63 Å². The molecule has 0 heterocycles. The predicted molar refractivity (Wildman–Crippen MR) is 18.9 cm³/mol. The van der Waals surface area contributed by atoms with Gasteiger partial charge in [-0.2, -0.15) is 0 Å². The van der Waals surface area contributed by atoms with E-state index in [1.807, 2.05) is 0 Å². The lowest BCUT2D eigenvalue weighted by Gasteiger charge is -1.89. The van der Waals surface area contributed by atoms with Crippen molar-refractivity contribution in [2.24, 2.45) is 0 Å². The van der Waals surface area contributed by atoms with E-state index in [0.717, 1.165) is 0 Å². The van der Waals surface area contributed by atoms with E-state index in [0.29, 0.717) is 0 Å². The summed E-state index contributed by atoms with van der Waals surface area (Å²) in [5.41, 5.74) is 1.22. The Morgan fingerprint density at radius 1 is 2.00 bits per heavy atom. The molecule has 0 spiro atoms. The number of aliphatic carboxylic acids is 1. The minimum Gasteiger partial charge on any atom is -0.479 e. The summed E-state index contributed by atoms with van der Waals surface area (Å²) in [7, 11) is 0. The summed E-state index contributed by atoms with van der Waals surface area (Å²) in [5.74, 6) is 6.44. The van der Waals surface area contributed by atoms with E-state index < -0.39 is 12.6 Å². The van der Waals surface area contributed by atoms with Gasteiger partial charge in [0.15, 0.2) is 6.61 Å². The van der Waals surface area contributed by atoms with Crippen molar-refractivity contribution in [2.75, 3.05) is 6.61 Å². The number of hydrogen-bond acceptors (Lipinski definition) is 3. The Hall–Kier alpha value is -0.650. The average molecular weight is 104 g/mol. The molecule has 2 N–H and O–H groups in total. The maximum atomic E-state index is 9.48. The summed E-state index contributed by atoms with van der Waals surface area (Å²) < 4.78 is 0. The number of hydrogen-bond donors (Lipinski definition) is 2. The highest BCUT2D eigenvalue weighted by molar-refractivity contribution is 5.67. The zero-order valence-corrected chi connectivity index (χ0v) is 3.42. The monoisotopic (exact) mass is 104 g/mol. The van der Waals surface area contributed by atoms with E-state index in [9.17, 15) is 4.79 Å². The second-order valence-corrected chi connectivity index (χ2v) is 0.774. The first kappa shape index (κ1) is 6.35. The molecule has 0 atom stereocenters. The van der Waals surface area contributed by atoms with Crippen LogP contribution in [0.4, 0.5) is 0 Å². The number of carbonyl (C=O) groups is 1. The van der Waals surface area contributed by atoms with Gasteiger partial charge in [0.2, 0.25) is 0 Å². The summed E-state index contributed by atoms with van der Waals surface area (Å²) in [6.45, 7) is -0.545. The van der Waals surface area contributed by atoms with Gasteiger partial charge in [-0.25, -0.2) is 4.79 Å². The van der Waals surface area contributed by atoms with Gasteiger partial charge in [-0.3, -0.25) is 4.84 Å². The largest absolute Gasteiger partial charge is 0.479 e. The zero-order chi connectivity index (χ0) is 5.70. The first-order chi connectivity index (χ1) is 3.27. The van der Waals surface area contributed by atoms with Crippen molar-refractivity contribution in [2.45, 2.75) is 0 Å². The Labute approximate surface area is 40.0 Å². The molecule has 0 aliphatic rings. The number of carboxylic acid groups (broad SMARTS) is 1. The fraction of sp³-hybridized carbons (Fsp3) is 0.500. The van der Waals surface area contributed by atoms with Gasteiger partial charge in [0, 0.05) is 0 Å². The third-order valence-electron chi connectivity index (χ3n) is 0.260. The van der Waals surface area contributed by atoms with Crippen molar-refractivity contribution >= 4 is 5.97 Å². The van der Waals surface area contributed by atoms with Crippen molar-refractivity contribution in [3.63, 3.8) is 0 Å². The molecule has 0 aromatic carbocycles. The van der Waals surface area contributed by atoms with Gasteiger partial charge in [-0.15, -0.1) is 0 Å². The first-order valence-corrected chi connectivity index (χ1v) is 1.50. The first-order valence-electron chi connectivity index (χ1n) is 1.50. The lowest BCUT2D eigenvalue weighted by atomic mass is 10.8. The van der Waals surface area contributed by atoms with Crippen LogP contribution in [0.1, 0.15) is 0 Å². The highest BCUT2D eigenvalue weighted by Gasteiger charge is 1.91. The Bertz CT molecular complexity index is 64.0.